The van der Waals surface area contributed by atoms with E-state index in [0.29, 0.717) is 8.58 Å². The van der Waals surface area contributed by atoms with Gasteiger partial charge in [-0.3, -0.25) is 0 Å². The van der Waals surface area contributed by atoms with E-state index in [4.69, 9.17) is 9.47 Å². The van der Waals surface area contributed by atoms with E-state index in [1.807, 2.05) is 7.05 Å². The second kappa shape index (κ2) is 10.4. The molecule has 0 aliphatic rings. The van der Waals surface area contributed by atoms with Crippen LogP contribution < -0.4 is 15.4 Å². The molecule has 0 aromatic heterocycles. The van der Waals surface area contributed by atoms with Gasteiger partial charge in [0.25, 0.3) is 0 Å². The van der Waals surface area contributed by atoms with Crippen LogP contribution in [0.25, 0.3) is 0 Å². The first-order valence-electron chi connectivity index (χ1n) is 10.2. The number of hydrogen-bond donors (Lipinski definition) is 1. The molecule has 0 amide bonds. The monoisotopic (exact) mass is 401 g/mol. The second-order valence-corrected chi connectivity index (χ2v) is 9.36. The van der Waals surface area contributed by atoms with Gasteiger partial charge in [-0.1, -0.05) is 63.9 Å². The van der Waals surface area contributed by atoms with Crippen molar-refractivity contribution in [1.82, 2.24) is 5.32 Å². The van der Waals surface area contributed by atoms with Crippen LogP contribution in [0.2, 0.25) is 0 Å². The molecule has 0 bridgehead atoms. The third kappa shape index (κ3) is 5.14. The minimum Gasteiger partial charge on any atom is -0.467 e. The van der Waals surface area contributed by atoms with Crippen LogP contribution in [0.5, 0.6) is 5.75 Å². The Morgan fingerprint density at radius 2 is 1.71 bits per heavy atom. The van der Waals surface area contributed by atoms with Crippen molar-refractivity contribution in [3.63, 3.8) is 0 Å². The Balaban J connectivity index is 2.58. The Kier molecular flexibility index (Phi) is 8.49. The van der Waals surface area contributed by atoms with E-state index < -0.39 is 0 Å². The Morgan fingerprint density at radius 3 is 2.32 bits per heavy atom. The highest BCUT2D eigenvalue weighted by Crippen LogP contribution is 2.51. The molecule has 0 saturated carbocycles. The van der Waals surface area contributed by atoms with Gasteiger partial charge < -0.3 is 14.8 Å². The molecular formula is C24H36NO2P. The molecule has 1 unspecified atom stereocenters. The van der Waals surface area contributed by atoms with Crippen LogP contribution >= 0.6 is 8.58 Å². The smallest absolute Gasteiger partial charge is 0.188 e. The van der Waals surface area contributed by atoms with Crippen molar-refractivity contribution in [1.29, 1.82) is 0 Å². The minimum absolute atomic E-state index is 0.0532. The summed E-state index contributed by atoms with van der Waals surface area (Å²) in [5.41, 5.74) is 6.50. The fourth-order valence-electron chi connectivity index (χ4n) is 3.93. The van der Waals surface area contributed by atoms with Crippen molar-refractivity contribution in [3.8, 4) is 5.75 Å². The van der Waals surface area contributed by atoms with Crippen LogP contribution in [-0.4, -0.2) is 21.0 Å². The van der Waals surface area contributed by atoms with Crippen molar-refractivity contribution in [2.24, 2.45) is 0 Å². The summed E-state index contributed by atoms with van der Waals surface area (Å²) in [6.07, 6.45) is 2.14. The normalized spacial score (nSPS) is 12.1. The summed E-state index contributed by atoms with van der Waals surface area (Å²) in [5, 5.41) is 4.83. The molecule has 154 valence electrons. The van der Waals surface area contributed by atoms with E-state index in [2.05, 4.69) is 70.3 Å². The molecule has 0 aliphatic heterocycles. The standard InChI is InChI=1S/C24H36NO2P/c1-8-24(9-2,28-22-11-10-17(3)13-20(22)15-25-6)21-14-18(4)12-19(5)23(21)27-16-26-7/h10-14,25,28H,8-9,15-16H2,1-7H3. The maximum absolute atomic E-state index is 6.09. The molecule has 3 nitrogen and oxygen atoms in total. The molecule has 2 aromatic rings. The Morgan fingerprint density at radius 1 is 1.00 bits per heavy atom. The molecule has 4 heteroatoms. The maximum Gasteiger partial charge on any atom is 0.188 e. The number of aryl methyl sites for hydroxylation is 3. The van der Waals surface area contributed by atoms with Gasteiger partial charge in [0.15, 0.2) is 6.79 Å². The molecule has 0 aliphatic carbocycles. The minimum atomic E-state index is 0.0532. The zero-order valence-electron chi connectivity index (χ0n) is 18.5. The first-order chi connectivity index (χ1) is 13.4. The zero-order chi connectivity index (χ0) is 20.7. The summed E-state index contributed by atoms with van der Waals surface area (Å²) in [6.45, 7) is 12.3. The summed E-state index contributed by atoms with van der Waals surface area (Å²) in [6, 6.07) is 11.4. The van der Waals surface area contributed by atoms with Crippen LogP contribution in [0, 0.1) is 20.8 Å². The van der Waals surface area contributed by atoms with E-state index >= 15 is 0 Å². The van der Waals surface area contributed by atoms with Crippen molar-refractivity contribution in [3.05, 3.63) is 58.1 Å². The van der Waals surface area contributed by atoms with Crippen LogP contribution in [0.1, 0.15) is 54.5 Å². The molecule has 1 atom stereocenters. The van der Waals surface area contributed by atoms with E-state index in [9.17, 15) is 0 Å². The first-order valence-corrected chi connectivity index (χ1v) is 11.2. The van der Waals surface area contributed by atoms with Crippen molar-refractivity contribution >= 4 is 13.9 Å². The van der Waals surface area contributed by atoms with E-state index in [0.717, 1.165) is 25.1 Å². The lowest BCUT2D eigenvalue weighted by molar-refractivity contribution is 0.0494. The van der Waals surface area contributed by atoms with Gasteiger partial charge in [0.05, 0.1) is 0 Å². The summed E-state index contributed by atoms with van der Waals surface area (Å²) < 4.78 is 11.3. The number of ether oxygens (including phenoxy) is 2. The van der Waals surface area contributed by atoms with Gasteiger partial charge in [0, 0.05) is 24.4 Å². The lowest BCUT2D eigenvalue weighted by Gasteiger charge is -2.35. The third-order valence-electron chi connectivity index (χ3n) is 5.46. The van der Waals surface area contributed by atoms with Gasteiger partial charge in [-0.05, 0) is 57.1 Å². The lowest BCUT2D eigenvalue weighted by Crippen LogP contribution is -2.25. The van der Waals surface area contributed by atoms with Crippen molar-refractivity contribution < 1.29 is 9.47 Å². The SMILES string of the molecule is CCC(CC)(Pc1ccc(C)cc1CNC)c1cc(C)cc(C)c1OCOC. The highest BCUT2D eigenvalue weighted by Gasteiger charge is 2.33. The van der Waals surface area contributed by atoms with Gasteiger partial charge in [-0.25, -0.2) is 0 Å². The highest BCUT2D eigenvalue weighted by atomic mass is 31.1. The first kappa shape index (κ1) is 22.9. The van der Waals surface area contributed by atoms with Crippen LogP contribution in [0.3, 0.4) is 0 Å². The molecule has 1 N–H and O–H groups in total. The molecule has 0 spiro atoms. The summed E-state index contributed by atoms with van der Waals surface area (Å²) in [5.74, 6) is 0.992. The van der Waals surface area contributed by atoms with Gasteiger partial charge in [-0.15, -0.1) is 0 Å². The second-order valence-electron chi connectivity index (χ2n) is 7.61. The molecule has 2 rings (SSSR count). The summed E-state index contributed by atoms with van der Waals surface area (Å²) >= 11 is 0. The topological polar surface area (TPSA) is 30.5 Å². The predicted molar refractivity (Wildman–Crippen MR) is 123 cm³/mol. The van der Waals surface area contributed by atoms with Crippen molar-refractivity contribution in [2.75, 3.05) is 21.0 Å². The van der Waals surface area contributed by atoms with E-state index in [-0.39, 0.29) is 11.9 Å². The molecule has 0 fully saturated rings. The fourth-order valence-corrected chi connectivity index (χ4v) is 5.61. The third-order valence-corrected chi connectivity index (χ3v) is 7.68. The quantitative estimate of drug-likeness (QED) is 0.431. The number of methoxy groups -OCH3 is 1. The van der Waals surface area contributed by atoms with Gasteiger partial charge in [0.2, 0.25) is 0 Å². The lowest BCUT2D eigenvalue weighted by atomic mass is 9.89. The van der Waals surface area contributed by atoms with Crippen LogP contribution in [0.15, 0.2) is 30.3 Å². The summed E-state index contributed by atoms with van der Waals surface area (Å²) in [4.78, 5) is 0. The number of hydrogen-bond acceptors (Lipinski definition) is 3. The van der Waals surface area contributed by atoms with Crippen molar-refractivity contribution in [2.45, 2.75) is 59.2 Å². The molecule has 0 heterocycles. The highest BCUT2D eigenvalue weighted by molar-refractivity contribution is 7.48. The fraction of sp³-hybridized carbons (Fsp3) is 0.500. The molecule has 0 saturated heterocycles. The molecular weight excluding hydrogens is 365 g/mol. The summed E-state index contributed by atoms with van der Waals surface area (Å²) in [7, 11) is 4.37. The average Bonchev–Trinajstić information content (AvgIpc) is 2.67. The predicted octanol–water partition coefficient (Wildman–Crippen LogP) is 5.33. The Hall–Kier alpha value is -1.41. The molecule has 28 heavy (non-hydrogen) atoms. The average molecular weight is 402 g/mol. The Labute approximate surface area is 173 Å². The molecule has 0 radical (unpaired) electrons. The largest absolute Gasteiger partial charge is 0.467 e. The number of rotatable bonds is 10. The van der Waals surface area contributed by atoms with Gasteiger partial charge in [-0.2, -0.15) is 0 Å². The van der Waals surface area contributed by atoms with E-state index in [1.54, 1.807) is 7.11 Å². The number of benzene rings is 2. The van der Waals surface area contributed by atoms with Crippen LogP contribution in [-0.2, 0) is 16.4 Å². The number of nitrogens with one attached hydrogen (secondary N) is 1. The van der Waals surface area contributed by atoms with Gasteiger partial charge in [0.1, 0.15) is 5.75 Å². The zero-order valence-corrected chi connectivity index (χ0v) is 19.5. The van der Waals surface area contributed by atoms with Crippen LogP contribution in [0.4, 0.5) is 0 Å². The Bertz CT molecular complexity index is 784. The van der Waals surface area contributed by atoms with Gasteiger partial charge >= 0.3 is 0 Å². The maximum atomic E-state index is 6.09. The molecule has 2 aromatic carbocycles. The van der Waals surface area contributed by atoms with E-state index in [1.165, 1.54) is 33.1 Å².